The fraction of sp³-hybridized carbons (Fsp3) is 0.417. The Morgan fingerprint density at radius 3 is 2.68 bits per heavy atom. The number of rotatable bonds is 6. The second-order valence-corrected chi connectivity index (χ2v) is 4.58. The van der Waals surface area contributed by atoms with Crippen LogP contribution >= 0.6 is 0 Å². The maximum atomic E-state index is 11.5. The summed E-state index contributed by atoms with van der Waals surface area (Å²) in [5, 5.41) is 16.2. The number of carbonyl (C=O) groups excluding carboxylic acids is 1. The molecule has 1 rings (SSSR count). The predicted molar refractivity (Wildman–Crippen MR) is 73.8 cm³/mol. The zero-order valence-electron chi connectivity index (χ0n) is 11.0. The summed E-state index contributed by atoms with van der Waals surface area (Å²) in [7, 11) is 0. The quantitative estimate of drug-likeness (QED) is 0.409. The number of amides is 1. The Morgan fingerprint density at radius 1 is 1.47 bits per heavy atom. The molecular weight excluding hydrogens is 248 g/mol. The minimum absolute atomic E-state index is 0.0672. The molecule has 0 saturated carbocycles. The lowest BCUT2D eigenvalue weighted by molar-refractivity contribution is -0.383. The van der Waals surface area contributed by atoms with Crippen LogP contribution in [-0.2, 0) is 4.79 Å². The topological polar surface area (TPSA) is 110 Å². The molecule has 7 nitrogen and oxygen atoms in total. The molecule has 0 aromatic heterocycles. The van der Waals surface area contributed by atoms with Crippen LogP contribution in [0.25, 0.3) is 0 Å². The summed E-state index contributed by atoms with van der Waals surface area (Å²) in [4.78, 5) is 21.5. The highest BCUT2D eigenvalue weighted by molar-refractivity contribution is 5.81. The smallest absolute Gasteiger partial charge is 0.292 e. The fourth-order valence-electron chi connectivity index (χ4n) is 1.39. The Labute approximate surface area is 111 Å². The third-order valence-corrected chi connectivity index (χ3v) is 2.38. The van der Waals surface area contributed by atoms with Gasteiger partial charge in [-0.1, -0.05) is 13.8 Å². The van der Waals surface area contributed by atoms with Gasteiger partial charge in [-0.15, -0.1) is 0 Å². The number of nitrogens with zero attached hydrogens (tertiary/aromatic N) is 1. The van der Waals surface area contributed by atoms with E-state index < -0.39 is 4.92 Å². The van der Waals surface area contributed by atoms with Gasteiger partial charge in [0.1, 0.15) is 5.69 Å². The molecule has 104 valence electrons. The second-order valence-electron chi connectivity index (χ2n) is 4.58. The van der Waals surface area contributed by atoms with E-state index in [-0.39, 0.29) is 23.8 Å². The van der Waals surface area contributed by atoms with E-state index in [2.05, 4.69) is 10.6 Å². The SMILES string of the molecule is CC(C)CNC(=O)CNc1ccc([N+](=O)[O-])c(N)c1. The minimum atomic E-state index is -0.547. The van der Waals surface area contributed by atoms with Crippen LogP contribution in [-0.4, -0.2) is 23.9 Å². The van der Waals surface area contributed by atoms with Crippen molar-refractivity contribution in [3.05, 3.63) is 28.3 Å². The van der Waals surface area contributed by atoms with Crippen molar-refractivity contribution in [1.29, 1.82) is 0 Å². The average Bonchev–Trinajstić information content (AvgIpc) is 2.33. The molecule has 0 aliphatic carbocycles. The lowest BCUT2D eigenvalue weighted by Gasteiger charge is -2.09. The molecule has 0 aliphatic rings. The van der Waals surface area contributed by atoms with E-state index in [9.17, 15) is 14.9 Å². The van der Waals surface area contributed by atoms with Crippen molar-refractivity contribution in [2.24, 2.45) is 5.92 Å². The van der Waals surface area contributed by atoms with E-state index in [1.165, 1.54) is 18.2 Å². The molecule has 0 bridgehead atoms. The number of nitrogens with two attached hydrogens (primary N) is 1. The Balaban J connectivity index is 2.52. The van der Waals surface area contributed by atoms with Gasteiger partial charge >= 0.3 is 0 Å². The first-order chi connectivity index (χ1) is 8.90. The summed E-state index contributed by atoms with van der Waals surface area (Å²) in [5.41, 5.74) is 6.04. The number of carbonyl (C=O) groups is 1. The van der Waals surface area contributed by atoms with Crippen molar-refractivity contribution in [2.75, 3.05) is 24.1 Å². The molecule has 0 aliphatic heterocycles. The summed E-state index contributed by atoms with van der Waals surface area (Å²) in [6, 6.07) is 4.27. The molecule has 19 heavy (non-hydrogen) atoms. The molecule has 0 unspecified atom stereocenters. The largest absolute Gasteiger partial charge is 0.393 e. The maximum Gasteiger partial charge on any atom is 0.292 e. The summed E-state index contributed by atoms with van der Waals surface area (Å²) in [6.07, 6.45) is 0. The van der Waals surface area contributed by atoms with Gasteiger partial charge in [0.2, 0.25) is 5.91 Å². The standard InChI is InChI=1S/C12H18N4O3/c1-8(2)6-15-12(17)7-14-9-3-4-11(16(18)19)10(13)5-9/h3-5,8,14H,6-7,13H2,1-2H3,(H,15,17). The van der Waals surface area contributed by atoms with Crippen molar-refractivity contribution in [1.82, 2.24) is 5.32 Å². The van der Waals surface area contributed by atoms with Crippen LogP contribution in [0.15, 0.2) is 18.2 Å². The Morgan fingerprint density at radius 2 is 2.16 bits per heavy atom. The molecule has 0 saturated heterocycles. The third kappa shape index (κ3) is 4.82. The zero-order chi connectivity index (χ0) is 14.4. The highest BCUT2D eigenvalue weighted by Gasteiger charge is 2.11. The van der Waals surface area contributed by atoms with Gasteiger partial charge < -0.3 is 16.4 Å². The molecule has 1 aromatic carbocycles. The van der Waals surface area contributed by atoms with Crippen LogP contribution in [0.5, 0.6) is 0 Å². The van der Waals surface area contributed by atoms with Crippen molar-refractivity contribution in [2.45, 2.75) is 13.8 Å². The number of benzene rings is 1. The number of nitro groups is 1. The lowest BCUT2D eigenvalue weighted by Crippen LogP contribution is -2.32. The molecule has 4 N–H and O–H groups in total. The molecule has 0 heterocycles. The van der Waals surface area contributed by atoms with Crippen LogP contribution in [0.4, 0.5) is 17.1 Å². The van der Waals surface area contributed by atoms with Crippen LogP contribution in [0.3, 0.4) is 0 Å². The van der Waals surface area contributed by atoms with E-state index in [1.54, 1.807) is 0 Å². The van der Waals surface area contributed by atoms with Crippen molar-refractivity contribution in [3.8, 4) is 0 Å². The molecule has 0 spiro atoms. The van der Waals surface area contributed by atoms with Gasteiger partial charge in [-0.25, -0.2) is 0 Å². The summed E-state index contributed by atoms with van der Waals surface area (Å²) in [5.74, 6) is 0.254. The minimum Gasteiger partial charge on any atom is -0.393 e. The summed E-state index contributed by atoms with van der Waals surface area (Å²) in [6.45, 7) is 4.72. The molecule has 1 amide bonds. The first-order valence-corrected chi connectivity index (χ1v) is 5.94. The van der Waals surface area contributed by atoms with Gasteiger partial charge in [-0.05, 0) is 18.1 Å². The van der Waals surface area contributed by atoms with Crippen molar-refractivity contribution in [3.63, 3.8) is 0 Å². The normalized spacial score (nSPS) is 10.3. The lowest BCUT2D eigenvalue weighted by atomic mass is 10.2. The Bertz CT molecular complexity index is 474. The number of hydrogen-bond acceptors (Lipinski definition) is 5. The molecule has 0 fully saturated rings. The fourth-order valence-corrected chi connectivity index (χ4v) is 1.39. The Kier molecular flexibility index (Phi) is 5.11. The first-order valence-electron chi connectivity index (χ1n) is 5.94. The average molecular weight is 266 g/mol. The van der Waals surface area contributed by atoms with E-state index in [0.29, 0.717) is 18.2 Å². The highest BCUT2D eigenvalue weighted by atomic mass is 16.6. The number of anilines is 2. The Hall–Kier alpha value is -2.31. The van der Waals surface area contributed by atoms with Gasteiger partial charge in [0.15, 0.2) is 0 Å². The molecular formula is C12H18N4O3. The van der Waals surface area contributed by atoms with Gasteiger partial charge in [-0.2, -0.15) is 0 Å². The summed E-state index contributed by atoms with van der Waals surface area (Å²) < 4.78 is 0. The van der Waals surface area contributed by atoms with Crippen LogP contribution in [0.2, 0.25) is 0 Å². The predicted octanol–water partition coefficient (Wildman–Crippen LogP) is 1.36. The van der Waals surface area contributed by atoms with E-state index >= 15 is 0 Å². The molecule has 1 aromatic rings. The van der Waals surface area contributed by atoms with E-state index in [1.807, 2.05) is 13.8 Å². The third-order valence-electron chi connectivity index (χ3n) is 2.38. The van der Waals surface area contributed by atoms with E-state index in [0.717, 1.165) is 0 Å². The van der Waals surface area contributed by atoms with Crippen molar-refractivity contribution >= 4 is 23.0 Å². The maximum absolute atomic E-state index is 11.5. The van der Waals surface area contributed by atoms with Gasteiger partial charge in [0, 0.05) is 18.3 Å². The number of nitrogen functional groups attached to an aromatic ring is 1. The van der Waals surface area contributed by atoms with Crippen LogP contribution < -0.4 is 16.4 Å². The summed E-state index contributed by atoms with van der Waals surface area (Å²) >= 11 is 0. The second kappa shape index (κ2) is 6.58. The van der Waals surface area contributed by atoms with Gasteiger partial charge in [-0.3, -0.25) is 14.9 Å². The van der Waals surface area contributed by atoms with Gasteiger partial charge in [0.05, 0.1) is 11.5 Å². The first kappa shape index (κ1) is 14.7. The molecule has 0 radical (unpaired) electrons. The monoisotopic (exact) mass is 266 g/mol. The van der Waals surface area contributed by atoms with Crippen LogP contribution in [0, 0.1) is 16.0 Å². The van der Waals surface area contributed by atoms with Crippen LogP contribution in [0.1, 0.15) is 13.8 Å². The molecule has 0 atom stereocenters. The number of nitro benzene ring substituents is 1. The van der Waals surface area contributed by atoms with Gasteiger partial charge in [0.25, 0.3) is 5.69 Å². The number of nitrogens with one attached hydrogen (secondary N) is 2. The highest BCUT2D eigenvalue weighted by Crippen LogP contribution is 2.24. The van der Waals surface area contributed by atoms with Crippen molar-refractivity contribution < 1.29 is 9.72 Å². The van der Waals surface area contributed by atoms with E-state index in [4.69, 9.17) is 5.73 Å². The zero-order valence-corrected chi connectivity index (χ0v) is 11.0. The number of hydrogen-bond donors (Lipinski definition) is 3. The molecule has 7 heteroatoms.